The monoisotopic (exact) mass is 266 g/mol. The maximum absolute atomic E-state index is 5.85. The summed E-state index contributed by atoms with van der Waals surface area (Å²) in [5, 5.41) is 0. The van der Waals surface area contributed by atoms with E-state index in [4.69, 9.17) is 9.47 Å². The normalized spacial score (nSPS) is 20.6. The third-order valence-electron chi connectivity index (χ3n) is 3.38. The topological polar surface area (TPSA) is 18.5 Å². The van der Waals surface area contributed by atoms with Crippen LogP contribution in [-0.2, 0) is 22.7 Å². The number of hydrogen-bond acceptors (Lipinski definition) is 2. The Bertz CT molecular complexity index is 497. The third kappa shape index (κ3) is 3.35. The van der Waals surface area contributed by atoms with Crippen molar-refractivity contribution in [2.45, 2.75) is 25.4 Å². The first-order chi connectivity index (χ1) is 9.92. The zero-order valence-electron chi connectivity index (χ0n) is 11.3. The number of benzene rings is 2. The molecule has 1 aliphatic carbocycles. The average molecular weight is 266 g/mol. The standard InChI is InChI=1S/C18H18O2/c1-3-7-15(8-4-1)13-19-17-11-12-18(17)20-14-16-9-5-2-6-10-16/h1-12,17-18H,13-14H2. The Balaban J connectivity index is 1.45. The van der Waals surface area contributed by atoms with Crippen molar-refractivity contribution < 1.29 is 9.47 Å². The van der Waals surface area contributed by atoms with Gasteiger partial charge in [0, 0.05) is 0 Å². The van der Waals surface area contributed by atoms with E-state index in [2.05, 4.69) is 36.4 Å². The fourth-order valence-corrected chi connectivity index (χ4v) is 2.13. The molecule has 0 saturated carbocycles. The van der Waals surface area contributed by atoms with Crippen molar-refractivity contribution in [2.24, 2.45) is 0 Å². The molecular formula is C18H18O2. The highest BCUT2D eigenvalue weighted by Crippen LogP contribution is 2.20. The van der Waals surface area contributed by atoms with Crippen molar-refractivity contribution in [3.8, 4) is 0 Å². The molecule has 0 fully saturated rings. The van der Waals surface area contributed by atoms with Crippen LogP contribution in [0.3, 0.4) is 0 Å². The van der Waals surface area contributed by atoms with Crippen LogP contribution in [0.25, 0.3) is 0 Å². The second kappa shape index (κ2) is 6.51. The molecule has 0 aliphatic heterocycles. The van der Waals surface area contributed by atoms with Gasteiger partial charge in [-0.3, -0.25) is 0 Å². The Morgan fingerprint density at radius 2 is 1.00 bits per heavy atom. The summed E-state index contributed by atoms with van der Waals surface area (Å²) in [5.41, 5.74) is 2.38. The van der Waals surface area contributed by atoms with E-state index in [9.17, 15) is 0 Å². The zero-order chi connectivity index (χ0) is 13.6. The van der Waals surface area contributed by atoms with Gasteiger partial charge in [0.05, 0.1) is 13.2 Å². The fraction of sp³-hybridized carbons (Fsp3) is 0.222. The number of rotatable bonds is 6. The minimum atomic E-state index is 0.0684. The molecule has 0 aromatic heterocycles. The molecule has 0 amide bonds. The smallest absolute Gasteiger partial charge is 0.106 e. The molecule has 0 saturated heterocycles. The largest absolute Gasteiger partial charge is 0.366 e. The summed E-state index contributed by atoms with van der Waals surface area (Å²) in [6.45, 7) is 1.25. The van der Waals surface area contributed by atoms with Gasteiger partial charge in [-0.1, -0.05) is 72.8 Å². The predicted octanol–water partition coefficient (Wildman–Crippen LogP) is 3.73. The molecule has 2 atom stereocenters. The first-order valence-corrected chi connectivity index (χ1v) is 6.91. The Labute approximate surface area is 119 Å². The molecule has 0 N–H and O–H groups in total. The molecule has 20 heavy (non-hydrogen) atoms. The van der Waals surface area contributed by atoms with Crippen LogP contribution in [0.5, 0.6) is 0 Å². The van der Waals surface area contributed by atoms with Crippen molar-refractivity contribution >= 4 is 0 Å². The minimum absolute atomic E-state index is 0.0684. The molecule has 2 nitrogen and oxygen atoms in total. The molecule has 2 aromatic rings. The van der Waals surface area contributed by atoms with Crippen LogP contribution in [0.1, 0.15) is 11.1 Å². The van der Waals surface area contributed by atoms with Gasteiger partial charge in [0.2, 0.25) is 0 Å². The summed E-state index contributed by atoms with van der Waals surface area (Å²) < 4.78 is 11.7. The van der Waals surface area contributed by atoms with Crippen molar-refractivity contribution in [3.05, 3.63) is 83.9 Å². The van der Waals surface area contributed by atoms with Crippen molar-refractivity contribution in [1.29, 1.82) is 0 Å². The molecule has 102 valence electrons. The summed E-state index contributed by atoms with van der Waals surface area (Å²) in [6.07, 6.45) is 4.25. The summed E-state index contributed by atoms with van der Waals surface area (Å²) in [4.78, 5) is 0. The van der Waals surface area contributed by atoms with Crippen molar-refractivity contribution in [1.82, 2.24) is 0 Å². The second-order valence-electron chi connectivity index (χ2n) is 4.91. The van der Waals surface area contributed by atoms with Crippen LogP contribution in [0.2, 0.25) is 0 Å². The minimum Gasteiger partial charge on any atom is -0.366 e. The Morgan fingerprint density at radius 3 is 1.35 bits per heavy atom. The van der Waals surface area contributed by atoms with E-state index in [0.29, 0.717) is 13.2 Å². The van der Waals surface area contributed by atoms with Gasteiger partial charge in [0.1, 0.15) is 12.2 Å². The van der Waals surface area contributed by atoms with E-state index in [0.717, 1.165) is 0 Å². The van der Waals surface area contributed by atoms with Gasteiger partial charge in [-0.15, -0.1) is 0 Å². The molecule has 0 bridgehead atoms. The first kappa shape index (κ1) is 13.1. The lowest BCUT2D eigenvalue weighted by molar-refractivity contribution is -0.0573. The summed E-state index contributed by atoms with van der Waals surface area (Å²) >= 11 is 0. The molecule has 0 radical (unpaired) electrons. The van der Waals surface area contributed by atoms with Crippen LogP contribution >= 0.6 is 0 Å². The van der Waals surface area contributed by atoms with Crippen molar-refractivity contribution in [3.63, 3.8) is 0 Å². The number of ether oxygens (including phenoxy) is 2. The van der Waals surface area contributed by atoms with Crippen LogP contribution < -0.4 is 0 Å². The third-order valence-corrected chi connectivity index (χ3v) is 3.38. The van der Waals surface area contributed by atoms with Gasteiger partial charge in [-0.05, 0) is 11.1 Å². The van der Waals surface area contributed by atoms with E-state index in [-0.39, 0.29) is 12.2 Å². The summed E-state index contributed by atoms with van der Waals surface area (Å²) in [7, 11) is 0. The lowest BCUT2D eigenvalue weighted by Crippen LogP contribution is -2.35. The molecular weight excluding hydrogens is 248 g/mol. The van der Waals surface area contributed by atoms with Gasteiger partial charge in [-0.25, -0.2) is 0 Å². The van der Waals surface area contributed by atoms with Gasteiger partial charge >= 0.3 is 0 Å². The highest BCUT2D eigenvalue weighted by molar-refractivity contribution is 5.17. The predicted molar refractivity (Wildman–Crippen MR) is 79.2 cm³/mol. The zero-order valence-corrected chi connectivity index (χ0v) is 11.3. The molecule has 0 heterocycles. The van der Waals surface area contributed by atoms with Gasteiger partial charge in [0.25, 0.3) is 0 Å². The lowest BCUT2D eigenvalue weighted by Gasteiger charge is -2.29. The van der Waals surface area contributed by atoms with E-state index in [1.807, 2.05) is 36.4 Å². The van der Waals surface area contributed by atoms with E-state index in [1.165, 1.54) is 11.1 Å². The molecule has 2 aromatic carbocycles. The second-order valence-corrected chi connectivity index (χ2v) is 4.91. The quantitative estimate of drug-likeness (QED) is 0.742. The molecule has 2 heteroatoms. The summed E-state index contributed by atoms with van der Waals surface area (Å²) in [6, 6.07) is 20.4. The van der Waals surface area contributed by atoms with Gasteiger partial charge in [-0.2, -0.15) is 0 Å². The van der Waals surface area contributed by atoms with E-state index >= 15 is 0 Å². The first-order valence-electron chi connectivity index (χ1n) is 6.91. The lowest BCUT2D eigenvalue weighted by atomic mass is 10.0. The molecule has 1 aliphatic rings. The molecule has 0 spiro atoms. The molecule has 3 rings (SSSR count). The highest BCUT2D eigenvalue weighted by atomic mass is 16.5. The van der Waals surface area contributed by atoms with Crippen LogP contribution in [-0.4, -0.2) is 12.2 Å². The Kier molecular flexibility index (Phi) is 4.26. The fourth-order valence-electron chi connectivity index (χ4n) is 2.13. The van der Waals surface area contributed by atoms with Gasteiger partial charge in [0.15, 0.2) is 0 Å². The maximum Gasteiger partial charge on any atom is 0.106 e. The molecule has 2 unspecified atom stereocenters. The highest BCUT2D eigenvalue weighted by Gasteiger charge is 2.25. The average Bonchev–Trinajstić information content (AvgIpc) is 2.49. The number of hydrogen-bond donors (Lipinski definition) is 0. The maximum atomic E-state index is 5.85. The van der Waals surface area contributed by atoms with Gasteiger partial charge < -0.3 is 9.47 Å². The SMILES string of the molecule is C1=CC(OCc2ccccc2)C1OCc1ccccc1. The Hall–Kier alpha value is -1.90. The summed E-state index contributed by atoms with van der Waals surface area (Å²) in [5.74, 6) is 0. The Morgan fingerprint density at radius 1 is 0.600 bits per heavy atom. The van der Waals surface area contributed by atoms with Crippen molar-refractivity contribution in [2.75, 3.05) is 0 Å². The van der Waals surface area contributed by atoms with Crippen LogP contribution in [0.15, 0.2) is 72.8 Å². The van der Waals surface area contributed by atoms with E-state index < -0.39 is 0 Å². The van der Waals surface area contributed by atoms with E-state index in [1.54, 1.807) is 0 Å². The van der Waals surface area contributed by atoms with Crippen LogP contribution in [0.4, 0.5) is 0 Å². The van der Waals surface area contributed by atoms with Crippen LogP contribution in [0, 0.1) is 0 Å².